The number of aliphatic hydroxyl groups is 1. The lowest BCUT2D eigenvalue weighted by Crippen LogP contribution is -2.33. The molecule has 5 heteroatoms. The van der Waals surface area contributed by atoms with Crippen molar-refractivity contribution < 1.29 is 5.11 Å². The van der Waals surface area contributed by atoms with Gasteiger partial charge in [0.2, 0.25) is 0 Å². The summed E-state index contributed by atoms with van der Waals surface area (Å²) in [6, 6.07) is 2.28. The van der Waals surface area contributed by atoms with E-state index < -0.39 is 0 Å². The van der Waals surface area contributed by atoms with Crippen LogP contribution in [0.25, 0.3) is 0 Å². The Bertz CT molecular complexity index is 369. The van der Waals surface area contributed by atoms with Gasteiger partial charge < -0.3 is 15.7 Å². The van der Waals surface area contributed by atoms with Crippen LogP contribution >= 0.6 is 0 Å². The van der Waals surface area contributed by atoms with E-state index in [1.165, 1.54) is 0 Å². The van der Waals surface area contributed by atoms with E-state index in [4.69, 9.17) is 5.73 Å². The highest BCUT2D eigenvalue weighted by atomic mass is 16.3. The average molecular weight is 236 g/mol. The molecular formula is C12H20N4O. The normalized spacial score (nSPS) is 21.8. The molecule has 0 aliphatic carbocycles. The van der Waals surface area contributed by atoms with Gasteiger partial charge in [0.1, 0.15) is 0 Å². The summed E-state index contributed by atoms with van der Waals surface area (Å²) < 4.78 is 0. The molecular weight excluding hydrogens is 216 g/mol. The lowest BCUT2D eigenvalue weighted by atomic mass is 10.1. The van der Waals surface area contributed by atoms with Crippen LogP contribution in [0.5, 0.6) is 0 Å². The van der Waals surface area contributed by atoms with Crippen LogP contribution in [-0.2, 0) is 6.54 Å². The first-order chi connectivity index (χ1) is 8.22. The Kier molecular flexibility index (Phi) is 3.91. The molecule has 2 heterocycles. The Morgan fingerprint density at radius 2 is 2.47 bits per heavy atom. The van der Waals surface area contributed by atoms with Gasteiger partial charge in [-0.05, 0) is 32.3 Å². The highest BCUT2D eigenvalue weighted by molar-refractivity contribution is 5.47. The second kappa shape index (κ2) is 5.42. The number of hydrogen-bond donors (Lipinski definition) is 2. The van der Waals surface area contributed by atoms with Gasteiger partial charge in [-0.1, -0.05) is 0 Å². The van der Waals surface area contributed by atoms with Gasteiger partial charge in [0, 0.05) is 24.7 Å². The van der Waals surface area contributed by atoms with Gasteiger partial charge in [0.25, 0.3) is 0 Å². The van der Waals surface area contributed by atoms with E-state index in [9.17, 15) is 5.11 Å². The molecule has 0 amide bonds. The first-order valence-electron chi connectivity index (χ1n) is 6.17. The quantitative estimate of drug-likeness (QED) is 0.804. The van der Waals surface area contributed by atoms with E-state index in [2.05, 4.69) is 15.1 Å². The molecule has 1 saturated heterocycles. The van der Waals surface area contributed by atoms with Gasteiger partial charge >= 0.3 is 0 Å². The van der Waals surface area contributed by atoms with Crippen molar-refractivity contribution in [2.45, 2.75) is 44.9 Å². The van der Waals surface area contributed by atoms with E-state index in [0.717, 1.165) is 37.2 Å². The number of rotatable bonds is 4. The highest BCUT2D eigenvalue weighted by Gasteiger charge is 2.28. The summed E-state index contributed by atoms with van der Waals surface area (Å²) >= 11 is 0. The molecule has 0 saturated carbocycles. The van der Waals surface area contributed by atoms with Crippen LogP contribution in [-0.4, -0.2) is 34.0 Å². The van der Waals surface area contributed by atoms with E-state index in [1.54, 1.807) is 6.20 Å². The van der Waals surface area contributed by atoms with Gasteiger partial charge in [0.05, 0.1) is 12.3 Å². The highest BCUT2D eigenvalue weighted by Crippen LogP contribution is 2.28. The first-order valence-corrected chi connectivity index (χ1v) is 6.17. The zero-order valence-electron chi connectivity index (χ0n) is 10.2. The molecule has 0 bridgehead atoms. The predicted molar refractivity (Wildman–Crippen MR) is 66.6 cm³/mol. The molecule has 5 nitrogen and oxygen atoms in total. The molecule has 17 heavy (non-hydrogen) atoms. The minimum atomic E-state index is -0.279. The molecule has 2 unspecified atom stereocenters. The molecule has 0 aromatic carbocycles. The van der Waals surface area contributed by atoms with E-state index >= 15 is 0 Å². The fourth-order valence-corrected chi connectivity index (χ4v) is 2.50. The lowest BCUT2D eigenvalue weighted by molar-refractivity contribution is 0.175. The standard InChI is InChI=1S/C12H20N4O/c1-9(17)7-11-3-2-6-16(11)12-10(8-13)4-5-14-15-12/h4-5,9,11,17H,2-3,6-8,13H2,1H3. The fraction of sp³-hybridized carbons (Fsp3) is 0.667. The number of aromatic nitrogens is 2. The van der Waals surface area contributed by atoms with Crippen molar-refractivity contribution in [1.82, 2.24) is 10.2 Å². The number of nitrogens with zero attached hydrogens (tertiary/aromatic N) is 3. The Balaban J connectivity index is 2.19. The SMILES string of the molecule is CC(O)CC1CCCN1c1nnccc1CN. The van der Waals surface area contributed by atoms with Crippen LogP contribution < -0.4 is 10.6 Å². The van der Waals surface area contributed by atoms with Crippen LogP contribution in [0.2, 0.25) is 0 Å². The van der Waals surface area contributed by atoms with Crippen LogP contribution in [0.15, 0.2) is 12.3 Å². The number of hydrogen-bond acceptors (Lipinski definition) is 5. The molecule has 1 aliphatic heterocycles. The maximum Gasteiger partial charge on any atom is 0.156 e. The smallest absolute Gasteiger partial charge is 0.156 e. The van der Waals surface area contributed by atoms with Crippen molar-refractivity contribution in [2.75, 3.05) is 11.4 Å². The second-order valence-electron chi connectivity index (χ2n) is 4.66. The van der Waals surface area contributed by atoms with Crippen LogP contribution in [0, 0.1) is 0 Å². The maximum absolute atomic E-state index is 9.52. The third-order valence-corrected chi connectivity index (χ3v) is 3.26. The second-order valence-corrected chi connectivity index (χ2v) is 4.66. The summed E-state index contributed by atoms with van der Waals surface area (Å²) in [5, 5.41) is 17.7. The summed E-state index contributed by atoms with van der Waals surface area (Å²) in [4.78, 5) is 2.24. The molecule has 0 spiro atoms. The van der Waals surface area contributed by atoms with Crippen molar-refractivity contribution in [1.29, 1.82) is 0 Å². The monoisotopic (exact) mass is 236 g/mol. The molecule has 0 radical (unpaired) electrons. The minimum Gasteiger partial charge on any atom is -0.393 e. The fourth-order valence-electron chi connectivity index (χ4n) is 2.50. The zero-order chi connectivity index (χ0) is 12.3. The molecule has 1 aromatic heterocycles. The third-order valence-electron chi connectivity index (χ3n) is 3.26. The maximum atomic E-state index is 9.52. The average Bonchev–Trinajstić information content (AvgIpc) is 2.76. The van der Waals surface area contributed by atoms with Crippen molar-refractivity contribution in [2.24, 2.45) is 5.73 Å². The van der Waals surface area contributed by atoms with Gasteiger partial charge in [-0.15, -0.1) is 5.10 Å². The van der Waals surface area contributed by atoms with Crippen LogP contribution in [0.4, 0.5) is 5.82 Å². The molecule has 1 aliphatic rings. The summed E-state index contributed by atoms with van der Waals surface area (Å²) in [6.45, 7) is 3.28. The van der Waals surface area contributed by atoms with Crippen molar-refractivity contribution in [3.63, 3.8) is 0 Å². The van der Waals surface area contributed by atoms with Gasteiger partial charge in [-0.25, -0.2) is 0 Å². The molecule has 2 atom stereocenters. The lowest BCUT2D eigenvalue weighted by Gasteiger charge is -2.27. The number of nitrogens with two attached hydrogens (primary N) is 1. The first kappa shape index (κ1) is 12.3. The van der Waals surface area contributed by atoms with Crippen molar-refractivity contribution in [3.8, 4) is 0 Å². The summed E-state index contributed by atoms with van der Waals surface area (Å²) in [7, 11) is 0. The number of aliphatic hydroxyl groups excluding tert-OH is 1. The number of anilines is 1. The van der Waals surface area contributed by atoms with Gasteiger partial charge in [0.15, 0.2) is 5.82 Å². The Hall–Kier alpha value is -1.20. The summed E-state index contributed by atoms with van der Waals surface area (Å²) in [5.41, 5.74) is 6.75. The van der Waals surface area contributed by atoms with E-state index in [1.807, 2.05) is 13.0 Å². The minimum absolute atomic E-state index is 0.279. The molecule has 2 rings (SSSR count). The Morgan fingerprint density at radius 1 is 1.65 bits per heavy atom. The van der Waals surface area contributed by atoms with Gasteiger partial charge in [-0.2, -0.15) is 5.10 Å². The van der Waals surface area contributed by atoms with Crippen LogP contribution in [0.3, 0.4) is 0 Å². The third kappa shape index (κ3) is 2.73. The molecule has 1 fully saturated rings. The molecule has 1 aromatic rings. The van der Waals surface area contributed by atoms with E-state index in [0.29, 0.717) is 12.6 Å². The predicted octanol–water partition coefficient (Wildman–Crippen LogP) is 0.675. The molecule has 3 N–H and O–H groups in total. The summed E-state index contributed by atoms with van der Waals surface area (Å²) in [5.74, 6) is 0.887. The van der Waals surface area contributed by atoms with Crippen molar-refractivity contribution in [3.05, 3.63) is 17.8 Å². The topological polar surface area (TPSA) is 75.3 Å². The Labute approximate surface area is 102 Å². The van der Waals surface area contributed by atoms with Crippen molar-refractivity contribution >= 4 is 5.82 Å². The van der Waals surface area contributed by atoms with E-state index in [-0.39, 0.29) is 6.10 Å². The van der Waals surface area contributed by atoms with Gasteiger partial charge in [-0.3, -0.25) is 0 Å². The molecule has 94 valence electrons. The van der Waals surface area contributed by atoms with Crippen LogP contribution in [0.1, 0.15) is 31.7 Å². The largest absolute Gasteiger partial charge is 0.393 e. The zero-order valence-corrected chi connectivity index (χ0v) is 10.2. The summed E-state index contributed by atoms with van der Waals surface area (Å²) in [6.07, 6.45) is 4.41. The Morgan fingerprint density at radius 3 is 3.18 bits per heavy atom.